The molecule has 92 valence electrons. The Labute approximate surface area is 104 Å². The van der Waals surface area contributed by atoms with E-state index in [1.54, 1.807) is 0 Å². The zero-order valence-electron chi connectivity index (χ0n) is 10.6. The molecule has 1 fully saturated rings. The van der Waals surface area contributed by atoms with Gasteiger partial charge in [0.1, 0.15) is 0 Å². The molecule has 0 saturated heterocycles. The summed E-state index contributed by atoms with van der Waals surface area (Å²) < 4.78 is 0. The predicted molar refractivity (Wildman–Crippen MR) is 72.3 cm³/mol. The van der Waals surface area contributed by atoms with Crippen molar-refractivity contribution in [3.8, 4) is 0 Å². The summed E-state index contributed by atoms with van der Waals surface area (Å²) in [5.41, 5.74) is 4.28. The van der Waals surface area contributed by atoms with Crippen LogP contribution in [0.5, 0.6) is 0 Å². The third kappa shape index (κ3) is 2.47. The normalized spacial score (nSPS) is 26.2. The van der Waals surface area contributed by atoms with Crippen molar-refractivity contribution in [2.75, 3.05) is 11.9 Å². The predicted octanol–water partition coefficient (Wildman–Crippen LogP) is 2.93. The molecular weight excluding hydrogens is 208 g/mol. The number of fused-ring (bicyclic) bond motifs is 1. The van der Waals surface area contributed by atoms with Crippen molar-refractivity contribution in [2.45, 2.75) is 45.2 Å². The third-order valence-electron chi connectivity index (χ3n) is 4.12. The molecule has 2 N–H and O–H groups in total. The first-order valence-corrected chi connectivity index (χ1v) is 6.96. The van der Waals surface area contributed by atoms with E-state index >= 15 is 0 Å². The van der Waals surface area contributed by atoms with Crippen LogP contribution in [0.15, 0.2) is 18.2 Å². The van der Waals surface area contributed by atoms with Gasteiger partial charge in [0.05, 0.1) is 0 Å². The summed E-state index contributed by atoms with van der Waals surface area (Å²) in [6, 6.07) is 7.66. The number of rotatable bonds is 4. The molecule has 2 heteroatoms. The van der Waals surface area contributed by atoms with Crippen LogP contribution in [0, 0.1) is 5.92 Å². The fourth-order valence-corrected chi connectivity index (χ4v) is 2.84. The van der Waals surface area contributed by atoms with E-state index in [0.29, 0.717) is 0 Å². The lowest BCUT2D eigenvalue weighted by molar-refractivity contribution is 0.623. The highest BCUT2D eigenvalue weighted by Crippen LogP contribution is 2.33. The molecule has 1 aromatic carbocycles. The van der Waals surface area contributed by atoms with Gasteiger partial charge in [-0.05, 0) is 42.4 Å². The van der Waals surface area contributed by atoms with Gasteiger partial charge >= 0.3 is 0 Å². The Bertz CT molecular complexity index is 400. The number of aryl methyl sites for hydroxylation is 1. The van der Waals surface area contributed by atoms with E-state index in [1.807, 2.05) is 0 Å². The van der Waals surface area contributed by atoms with Crippen LogP contribution in [0.25, 0.3) is 0 Å². The molecule has 0 bridgehead atoms. The van der Waals surface area contributed by atoms with Gasteiger partial charge in [0, 0.05) is 24.8 Å². The monoisotopic (exact) mass is 230 g/mol. The second-order valence-corrected chi connectivity index (χ2v) is 5.41. The molecule has 3 rings (SSSR count). The Morgan fingerprint density at radius 3 is 3.18 bits per heavy atom. The number of nitrogens with one attached hydrogen (secondary N) is 2. The Balaban J connectivity index is 1.60. The van der Waals surface area contributed by atoms with Crippen LogP contribution < -0.4 is 10.6 Å². The second-order valence-electron chi connectivity index (χ2n) is 5.41. The zero-order chi connectivity index (χ0) is 11.7. The van der Waals surface area contributed by atoms with Gasteiger partial charge in [-0.1, -0.05) is 25.5 Å². The molecule has 1 aliphatic carbocycles. The van der Waals surface area contributed by atoms with E-state index in [4.69, 9.17) is 0 Å². The fraction of sp³-hybridized carbons (Fsp3) is 0.600. The highest BCUT2D eigenvalue weighted by Gasteiger charge is 2.34. The molecular formula is C15H22N2. The average molecular weight is 230 g/mol. The van der Waals surface area contributed by atoms with Crippen LogP contribution in [-0.4, -0.2) is 12.6 Å². The van der Waals surface area contributed by atoms with Gasteiger partial charge in [-0.25, -0.2) is 0 Å². The van der Waals surface area contributed by atoms with E-state index in [0.717, 1.165) is 25.0 Å². The van der Waals surface area contributed by atoms with Crippen molar-refractivity contribution < 1.29 is 0 Å². The number of benzene rings is 1. The van der Waals surface area contributed by atoms with Gasteiger partial charge in [-0.15, -0.1) is 0 Å². The first kappa shape index (κ1) is 11.1. The van der Waals surface area contributed by atoms with Crippen LogP contribution in [0.4, 0.5) is 5.69 Å². The molecule has 2 atom stereocenters. The van der Waals surface area contributed by atoms with Crippen LogP contribution in [-0.2, 0) is 13.0 Å². The maximum absolute atomic E-state index is 3.66. The summed E-state index contributed by atoms with van der Waals surface area (Å²) in [4.78, 5) is 0. The number of hydrogen-bond donors (Lipinski definition) is 2. The minimum atomic E-state index is 0.786. The molecule has 2 aliphatic rings. The SMILES string of the molecule is CCC1CC1NCc1ccc2c(c1)CCCN2. The van der Waals surface area contributed by atoms with Gasteiger partial charge in [0.2, 0.25) is 0 Å². The van der Waals surface area contributed by atoms with Gasteiger partial charge in [-0.2, -0.15) is 0 Å². The van der Waals surface area contributed by atoms with Crippen molar-refractivity contribution in [1.29, 1.82) is 0 Å². The minimum absolute atomic E-state index is 0.786. The Morgan fingerprint density at radius 1 is 1.41 bits per heavy atom. The molecule has 1 aromatic rings. The van der Waals surface area contributed by atoms with Crippen LogP contribution in [0.3, 0.4) is 0 Å². The summed E-state index contributed by atoms with van der Waals surface area (Å²) in [5, 5.41) is 7.12. The summed E-state index contributed by atoms with van der Waals surface area (Å²) >= 11 is 0. The fourth-order valence-electron chi connectivity index (χ4n) is 2.84. The number of hydrogen-bond acceptors (Lipinski definition) is 2. The Hall–Kier alpha value is -1.02. The van der Waals surface area contributed by atoms with Crippen LogP contribution in [0.2, 0.25) is 0 Å². The van der Waals surface area contributed by atoms with Gasteiger partial charge in [0.15, 0.2) is 0 Å². The van der Waals surface area contributed by atoms with Crippen molar-refractivity contribution in [3.63, 3.8) is 0 Å². The third-order valence-corrected chi connectivity index (χ3v) is 4.12. The van der Waals surface area contributed by atoms with Gasteiger partial charge < -0.3 is 10.6 Å². The van der Waals surface area contributed by atoms with E-state index in [1.165, 1.54) is 42.5 Å². The van der Waals surface area contributed by atoms with Gasteiger partial charge in [-0.3, -0.25) is 0 Å². The minimum Gasteiger partial charge on any atom is -0.385 e. The first-order valence-electron chi connectivity index (χ1n) is 6.96. The lowest BCUT2D eigenvalue weighted by atomic mass is 10.0. The summed E-state index contributed by atoms with van der Waals surface area (Å²) in [7, 11) is 0. The molecule has 1 saturated carbocycles. The Morgan fingerprint density at radius 2 is 2.35 bits per heavy atom. The largest absolute Gasteiger partial charge is 0.385 e. The van der Waals surface area contributed by atoms with E-state index in [2.05, 4.69) is 35.8 Å². The molecule has 2 nitrogen and oxygen atoms in total. The average Bonchev–Trinajstić information content (AvgIpc) is 3.15. The summed E-state index contributed by atoms with van der Waals surface area (Å²) in [5.74, 6) is 0.939. The van der Waals surface area contributed by atoms with Crippen molar-refractivity contribution in [3.05, 3.63) is 29.3 Å². The number of anilines is 1. The smallest absolute Gasteiger partial charge is 0.0372 e. The molecule has 2 unspecified atom stereocenters. The van der Waals surface area contributed by atoms with Crippen molar-refractivity contribution in [2.24, 2.45) is 5.92 Å². The first-order chi connectivity index (χ1) is 8.36. The van der Waals surface area contributed by atoms with E-state index in [-0.39, 0.29) is 0 Å². The molecule has 1 aliphatic heterocycles. The molecule has 0 spiro atoms. The van der Waals surface area contributed by atoms with Gasteiger partial charge in [0.25, 0.3) is 0 Å². The van der Waals surface area contributed by atoms with Crippen LogP contribution in [0.1, 0.15) is 37.3 Å². The Kier molecular flexibility index (Phi) is 3.06. The van der Waals surface area contributed by atoms with E-state index in [9.17, 15) is 0 Å². The maximum atomic E-state index is 3.66. The van der Waals surface area contributed by atoms with Crippen molar-refractivity contribution in [1.82, 2.24) is 5.32 Å². The second kappa shape index (κ2) is 4.69. The molecule has 0 radical (unpaired) electrons. The molecule has 0 amide bonds. The lowest BCUT2D eigenvalue weighted by Crippen LogP contribution is -2.18. The standard InChI is InChI=1S/C15H22N2/c1-2-12-9-15(12)17-10-11-5-6-14-13(8-11)4-3-7-16-14/h5-6,8,12,15-17H,2-4,7,9-10H2,1H3. The highest BCUT2D eigenvalue weighted by molar-refractivity contribution is 5.54. The highest BCUT2D eigenvalue weighted by atomic mass is 15.0. The quantitative estimate of drug-likeness (QED) is 0.831. The molecule has 1 heterocycles. The molecule has 17 heavy (non-hydrogen) atoms. The topological polar surface area (TPSA) is 24.1 Å². The molecule has 0 aromatic heterocycles. The van der Waals surface area contributed by atoms with Crippen LogP contribution >= 0.6 is 0 Å². The van der Waals surface area contributed by atoms with E-state index < -0.39 is 0 Å². The maximum Gasteiger partial charge on any atom is 0.0372 e. The summed E-state index contributed by atoms with van der Waals surface area (Å²) in [6.07, 6.45) is 5.20. The van der Waals surface area contributed by atoms with Crippen molar-refractivity contribution >= 4 is 5.69 Å². The summed E-state index contributed by atoms with van der Waals surface area (Å²) in [6.45, 7) is 4.45. The lowest BCUT2D eigenvalue weighted by Gasteiger charge is -2.18. The zero-order valence-corrected chi connectivity index (χ0v) is 10.6.